The monoisotopic (exact) mass is 397 g/mol. The highest BCUT2D eigenvalue weighted by Crippen LogP contribution is 2.33. The summed E-state index contributed by atoms with van der Waals surface area (Å²) in [6, 6.07) is 13.5. The summed E-state index contributed by atoms with van der Waals surface area (Å²) in [5.41, 5.74) is 1.82. The first-order chi connectivity index (χ1) is 13.7. The van der Waals surface area contributed by atoms with Crippen LogP contribution in [0.2, 0.25) is 5.02 Å². The molecule has 0 atom stereocenters. The molecule has 0 aliphatic carbocycles. The number of benzene rings is 2. The van der Waals surface area contributed by atoms with E-state index in [2.05, 4.69) is 20.6 Å². The minimum Gasteiger partial charge on any atom is -0.454 e. The molecule has 1 aliphatic rings. The predicted molar refractivity (Wildman–Crippen MR) is 101 cm³/mol. The molecule has 1 aliphatic heterocycles. The zero-order valence-corrected chi connectivity index (χ0v) is 15.2. The second kappa shape index (κ2) is 6.65. The second-order valence-corrected chi connectivity index (χ2v) is 6.65. The van der Waals surface area contributed by atoms with E-state index in [1.54, 1.807) is 16.6 Å². The summed E-state index contributed by atoms with van der Waals surface area (Å²) in [7, 11) is 0. The SMILES string of the molecule is Fc1ccc(Cl)cc1Nc1ccc2nnc(Cc3ccc4c(c3)OCO4)n2n1. The van der Waals surface area contributed by atoms with Crippen molar-refractivity contribution in [1.82, 2.24) is 19.8 Å². The first-order valence-corrected chi connectivity index (χ1v) is 8.85. The van der Waals surface area contributed by atoms with Crippen molar-refractivity contribution in [2.24, 2.45) is 0 Å². The third-order valence-corrected chi connectivity index (χ3v) is 4.55. The molecule has 3 heterocycles. The van der Waals surface area contributed by atoms with E-state index in [-0.39, 0.29) is 12.5 Å². The number of hydrogen-bond donors (Lipinski definition) is 1. The van der Waals surface area contributed by atoms with Crippen LogP contribution >= 0.6 is 11.6 Å². The molecule has 1 N–H and O–H groups in total. The number of hydrogen-bond acceptors (Lipinski definition) is 6. The van der Waals surface area contributed by atoms with Gasteiger partial charge in [0.1, 0.15) is 5.82 Å². The fourth-order valence-corrected chi connectivity index (χ4v) is 3.15. The topological polar surface area (TPSA) is 73.6 Å². The summed E-state index contributed by atoms with van der Waals surface area (Å²) < 4.78 is 26.4. The number of halogens is 2. The predicted octanol–water partition coefficient (Wildman–Crippen LogP) is 3.98. The average molecular weight is 398 g/mol. The summed E-state index contributed by atoms with van der Waals surface area (Å²) in [5, 5.41) is 16.2. The van der Waals surface area contributed by atoms with Gasteiger partial charge in [0.05, 0.1) is 5.69 Å². The van der Waals surface area contributed by atoms with E-state index in [1.807, 2.05) is 18.2 Å². The zero-order valence-electron chi connectivity index (χ0n) is 14.4. The first-order valence-electron chi connectivity index (χ1n) is 8.48. The molecule has 0 saturated carbocycles. The van der Waals surface area contributed by atoms with Crippen LogP contribution in [0.4, 0.5) is 15.9 Å². The summed E-state index contributed by atoms with van der Waals surface area (Å²) in [4.78, 5) is 0. The van der Waals surface area contributed by atoms with Crippen LogP contribution in [0.1, 0.15) is 11.4 Å². The van der Waals surface area contributed by atoms with Crippen molar-refractivity contribution < 1.29 is 13.9 Å². The first kappa shape index (κ1) is 16.8. The van der Waals surface area contributed by atoms with Crippen molar-refractivity contribution in [2.45, 2.75) is 6.42 Å². The van der Waals surface area contributed by atoms with Crippen LogP contribution in [0.25, 0.3) is 5.65 Å². The molecule has 0 saturated heterocycles. The van der Waals surface area contributed by atoms with Crippen LogP contribution in [0, 0.1) is 5.82 Å². The molecule has 28 heavy (non-hydrogen) atoms. The molecule has 2 aromatic heterocycles. The smallest absolute Gasteiger partial charge is 0.231 e. The van der Waals surface area contributed by atoms with Crippen LogP contribution in [0.3, 0.4) is 0 Å². The van der Waals surface area contributed by atoms with Crippen LogP contribution < -0.4 is 14.8 Å². The molecule has 0 radical (unpaired) electrons. The maximum absolute atomic E-state index is 14.0. The Morgan fingerprint density at radius 3 is 2.86 bits per heavy atom. The molecular formula is C19H13ClFN5O2. The van der Waals surface area contributed by atoms with Gasteiger partial charge >= 0.3 is 0 Å². The van der Waals surface area contributed by atoms with E-state index < -0.39 is 5.82 Å². The molecule has 140 valence electrons. The average Bonchev–Trinajstić information content (AvgIpc) is 3.31. The van der Waals surface area contributed by atoms with Crippen molar-refractivity contribution in [3.8, 4) is 11.5 Å². The summed E-state index contributed by atoms with van der Waals surface area (Å²) in [5.74, 6) is 2.10. The number of rotatable bonds is 4. The Morgan fingerprint density at radius 1 is 1.04 bits per heavy atom. The van der Waals surface area contributed by atoms with Crippen LogP contribution in [0.15, 0.2) is 48.5 Å². The lowest BCUT2D eigenvalue weighted by Gasteiger charge is -2.08. The Hall–Kier alpha value is -3.39. The van der Waals surface area contributed by atoms with Gasteiger partial charge in [-0.25, -0.2) is 4.39 Å². The third kappa shape index (κ3) is 3.07. The molecule has 4 aromatic rings. The summed E-state index contributed by atoms with van der Waals surface area (Å²) in [6.45, 7) is 0.225. The Labute approximate surface area is 163 Å². The zero-order chi connectivity index (χ0) is 19.1. The molecule has 0 bridgehead atoms. The number of anilines is 2. The summed E-state index contributed by atoms with van der Waals surface area (Å²) in [6.07, 6.45) is 0.500. The van der Waals surface area contributed by atoms with Crippen LogP contribution in [-0.2, 0) is 6.42 Å². The number of nitrogens with zero attached hydrogens (tertiary/aromatic N) is 4. The van der Waals surface area contributed by atoms with E-state index in [0.717, 1.165) is 11.3 Å². The lowest BCUT2D eigenvalue weighted by atomic mass is 10.1. The van der Waals surface area contributed by atoms with Crippen molar-refractivity contribution in [3.05, 3.63) is 70.8 Å². The number of nitrogens with one attached hydrogen (secondary N) is 1. The number of aromatic nitrogens is 4. The lowest BCUT2D eigenvalue weighted by molar-refractivity contribution is 0.174. The van der Waals surface area contributed by atoms with Crippen LogP contribution in [0.5, 0.6) is 11.5 Å². The van der Waals surface area contributed by atoms with E-state index in [1.165, 1.54) is 18.2 Å². The van der Waals surface area contributed by atoms with Crippen molar-refractivity contribution in [1.29, 1.82) is 0 Å². The van der Waals surface area contributed by atoms with Gasteiger partial charge in [0, 0.05) is 11.4 Å². The van der Waals surface area contributed by atoms with Crippen LogP contribution in [-0.4, -0.2) is 26.6 Å². The number of ether oxygens (including phenoxy) is 2. The third-order valence-electron chi connectivity index (χ3n) is 4.32. The quantitative estimate of drug-likeness (QED) is 0.561. The fourth-order valence-electron chi connectivity index (χ4n) is 2.97. The highest BCUT2D eigenvalue weighted by Gasteiger charge is 2.15. The van der Waals surface area contributed by atoms with Crippen molar-refractivity contribution in [3.63, 3.8) is 0 Å². The molecule has 0 fully saturated rings. The maximum Gasteiger partial charge on any atom is 0.231 e. The molecule has 2 aromatic carbocycles. The van der Waals surface area contributed by atoms with Gasteiger partial charge in [-0.1, -0.05) is 17.7 Å². The minimum atomic E-state index is -0.421. The van der Waals surface area contributed by atoms with Gasteiger partial charge in [-0.05, 0) is 48.0 Å². The van der Waals surface area contributed by atoms with Gasteiger partial charge in [0.25, 0.3) is 0 Å². The Balaban J connectivity index is 1.46. The molecular weight excluding hydrogens is 385 g/mol. The van der Waals surface area contributed by atoms with Crippen molar-refractivity contribution in [2.75, 3.05) is 12.1 Å². The van der Waals surface area contributed by atoms with Gasteiger partial charge < -0.3 is 14.8 Å². The number of fused-ring (bicyclic) bond motifs is 2. The minimum absolute atomic E-state index is 0.225. The maximum atomic E-state index is 14.0. The Morgan fingerprint density at radius 2 is 1.93 bits per heavy atom. The standard InChI is InChI=1S/C19H13ClFN5O2/c20-12-2-3-13(21)14(9-12)22-17-5-6-18-23-24-19(26(18)25-17)8-11-1-4-15-16(7-11)28-10-27-15/h1-7,9H,8,10H2,(H,22,25). The van der Waals surface area contributed by atoms with E-state index in [4.69, 9.17) is 21.1 Å². The molecule has 5 rings (SSSR count). The van der Waals surface area contributed by atoms with E-state index in [0.29, 0.717) is 34.5 Å². The highest BCUT2D eigenvalue weighted by atomic mass is 35.5. The molecule has 7 nitrogen and oxygen atoms in total. The molecule has 9 heteroatoms. The fraction of sp³-hybridized carbons (Fsp3) is 0.105. The largest absolute Gasteiger partial charge is 0.454 e. The molecule has 0 unspecified atom stereocenters. The van der Waals surface area contributed by atoms with E-state index >= 15 is 0 Å². The normalized spacial score (nSPS) is 12.5. The summed E-state index contributed by atoms with van der Waals surface area (Å²) >= 11 is 5.94. The van der Waals surface area contributed by atoms with Gasteiger partial charge in [-0.15, -0.1) is 15.3 Å². The molecule has 0 amide bonds. The van der Waals surface area contributed by atoms with Gasteiger partial charge in [-0.2, -0.15) is 4.52 Å². The van der Waals surface area contributed by atoms with E-state index in [9.17, 15) is 4.39 Å². The second-order valence-electron chi connectivity index (χ2n) is 6.22. The molecule has 0 spiro atoms. The highest BCUT2D eigenvalue weighted by molar-refractivity contribution is 6.30. The Bertz CT molecular complexity index is 1200. The Kier molecular flexibility index (Phi) is 3.98. The van der Waals surface area contributed by atoms with Gasteiger partial charge in [-0.3, -0.25) is 0 Å². The lowest BCUT2D eigenvalue weighted by Crippen LogP contribution is -2.04. The van der Waals surface area contributed by atoms with Gasteiger partial charge in [0.2, 0.25) is 6.79 Å². The van der Waals surface area contributed by atoms with Crippen molar-refractivity contribution >= 4 is 28.8 Å². The van der Waals surface area contributed by atoms with Gasteiger partial charge in [0.15, 0.2) is 28.8 Å².